The molecule has 0 amide bonds. The molecule has 0 radical (unpaired) electrons. The van der Waals surface area contributed by atoms with E-state index < -0.39 is 6.16 Å². The number of anilines is 2. The molecule has 0 bridgehead atoms. The highest BCUT2D eigenvalue weighted by atomic mass is 19.1. The van der Waals surface area contributed by atoms with Gasteiger partial charge in [-0.25, -0.2) is 23.7 Å². The van der Waals surface area contributed by atoms with Crippen LogP contribution in [0.5, 0.6) is 0 Å². The standard InChI is InChI=1S/C27H30FN7O4/c1-29-39-27(37)38-18-35-24(36)11-14-30-25(35)32(2)21-12-15-33(16-13-21)26-31-22-5-3-4-6-23(22)34(26)17-19-7-9-20(28)10-8-19/h3-11,14,21,29H,12-13,15-18H2,1-2H3. The van der Waals surface area contributed by atoms with E-state index in [0.717, 1.165) is 48.5 Å². The van der Waals surface area contributed by atoms with Gasteiger partial charge in [-0.15, -0.1) is 0 Å². The number of aromatic nitrogens is 4. The molecule has 1 aliphatic rings. The van der Waals surface area contributed by atoms with Crippen molar-refractivity contribution in [3.05, 3.63) is 82.5 Å². The topological polar surface area (TPSA) is 107 Å². The molecular weight excluding hydrogens is 505 g/mol. The maximum atomic E-state index is 13.5. The number of hydroxylamine groups is 1. The van der Waals surface area contributed by atoms with Crippen LogP contribution in [0.25, 0.3) is 11.0 Å². The van der Waals surface area contributed by atoms with Crippen molar-refractivity contribution in [1.29, 1.82) is 0 Å². The molecule has 2 aromatic heterocycles. The number of rotatable bonds is 8. The van der Waals surface area contributed by atoms with Gasteiger partial charge in [0.25, 0.3) is 5.56 Å². The van der Waals surface area contributed by atoms with Gasteiger partial charge in [0.2, 0.25) is 11.9 Å². The van der Waals surface area contributed by atoms with E-state index in [1.807, 2.05) is 36.2 Å². The van der Waals surface area contributed by atoms with Gasteiger partial charge in [0.1, 0.15) is 5.82 Å². The number of hydrogen-bond donors (Lipinski definition) is 1. The van der Waals surface area contributed by atoms with Gasteiger partial charge in [-0.1, -0.05) is 24.3 Å². The van der Waals surface area contributed by atoms with Crippen LogP contribution in [-0.4, -0.2) is 58.5 Å². The molecule has 4 aromatic rings. The zero-order valence-electron chi connectivity index (χ0n) is 21.8. The highest BCUT2D eigenvalue weighted by Crippen LogP contribution is 2.28. The van der Waals surface area contributed by atoms with Gasteiger partial charge >= 0.3 is 6.16 Å². The van der Waals surface area contributed by atoms with Crippen LogP contribution in [0.1, 0.15) is 18.4 Å². The first kappa shape index (κ1) is 26.2. The summed E-state index contributed by atoms with van der Waals surface area (Å²) in [5, 5.41) is 0. The van der Waals surface area contributed by atoms with E-state index >= 15 is 0 Å². The fourth-order valence-electron chi connectivity index (χ4n) is 4.91. The van der Waals surface area contributed by atoms with Crippen LogP contribution in [-0.2, 0) is 22.9 Å². The van der Waals surface area contributed by atoms with Crippen molar-refractivity contribution in [3.8, 4) is 0 Å². The molecule has 0 aliphatic carbocycles. The normalized spacial score (nSPS) is 14.0. The summed E-state index contributed by atoms with van der Waals surface area (Å²) in [5.41, 5.74) is 4.82. The lowest BCUT2D eigenvalue weighted by atomic mass is 10.0. The summed E-state index contributed by atoms with van der Waals surface area (Å²) in [7, 11) is 3.31. The predicted molar refractivity (Wildman–Crippen MR) is 144 cm³/mol. The van der Waals surface area contributed by atoms with E-state index in [-0.39, 0.29) is 24.1 Å². The summed E-state index contributed by atoms with van der Waals surface area (Å²) in [6, 6.07) is 16.0. The number of ether oxygens (including phenoxy) is 1. The van der Waals surface area contributed by atoms with E-state index in [4.69, 9.17) is 9.72 Å². The molecule has 0 unspecified atom stereocenters. The number of benzene rings is 2. The number of nitrogens with zero attached hydrogens (tertiary/aromatic N) is 6. The van der Waals surface area contributed by atoms with Crippen LogP contribution in [0.2, 0.25) is 0 Å². The Labute approximate surface area is 224 Å². The van der Waals surface area contributed by atoms with Crippen LogP contribution >= 0.6 is 0 Å². The first-order chi connectivity index (χ1) is 18.9. The SMILES string of the molecule is CNOC(=O)OCn1c(N(C)C2CCN(c3nc4ccccc4n3Cc3ccc(F)cc3)CC2)nccc1=O. The number of carbonyl (C=O) groups is 1. The van der Waals surface area contributed by atoms with Gasteiger partial charge in [-0.2, -0.15) is 5.48 Å². The Hall–Kier alpha value is -4.45. The molecule has 1 N–H and O–H groups in total. The summed E-state index contributed by atoms with van der Waals surface area (Å²) >= 11 is 0. The molecule has 39 heavy (non-hydrogen) atoms. The number of carbonyl (C=O) groups excluding carboxylic acids is 1. The molecule has 12 heteroatoms. The summed E-state index contributed by atoms with van der Waals surface area (Å²) in [6.07, 6.45) is 2.09. The van der Waals surface area contributed by atoms with Gasteiger partial charge in [-0.05, 0) is 42.7 Å². The Balaban J connectivity index is 1.33. The van der Waals surface area contributed by atoms with Crippen molar-refractivity contribution < 1.29 is 18.8 Å². The molecule has 3 heterocycles. The predicted octanol–water partition coefficient (Wildman–Crippen LogP) is 3.13. The third kappa shape index (κ3) is 5.70. The van der Waals surface area contributed by atoms with Crippen molar-refractivity contribution in [1.82, 2.24) is 24.6 Å². The maximum Gasteiger partial charge on any atom is 0.529 e. The summed E-state index contributed by atoms with van der Waals surface area (Å²) in [4.78, 5) is 42.3. The molecule has 1 saturated heterocycles. The van der Waals surface area contributed by atoms with Crippen LogP contribution in [0, 0.1) is 5.82 Å². The van der Waals surface area contributed by atoms with Gasteiger partial charge in [0.05, 0.1) is 17.6 Å². The van der Waals surface area contributed by atoms with Crippen molar-refractivity contribution in [3.63, 3.8) is 0 Å². The van der Waals surface area contributed by atoms with Gasteiger partial charge in [0, 0.05) is 45.5 Å². The Morgan fingerprint density at radius 1 is 1.10 bits per heavy atom. The second-order valence-electron chi connectivity index (χ2n) is 9.28. The quantitative estimate of drug-likeness (QED) is 0.269. The molecule has 0 spiro atoms. The molecular formula is C27H30FN7O4. The Bertz CT molecular complexity index is 1500. The zero-order valence-corrected chi connectivity index (χ0v) is 21.8. The van der Waals surface area contributed by atoms with E-state index in [9.17, 15) is 14.0 Å². The largest absolute Gasteiger partial charge is 0.529 e. The van der Waals surface area contributed by atoms with Gasteiger partial charge < -0.3 is 23.9 Å². The minimum Gasteiger partial charge on any atom is -0.411 e. The fraction of sp³-hybridized carbons (Fsp3) is 0.333. The number of nitrogens with one attached hydrogen (secondary N) is 1. The number of imidazole rings is 1. The fourth-order valence-corrected chi connectivity index (χ4v) is 4.91. The molecule has 0 saturated carbocycles. The van der Waals surface area contributed by atoms with Crippen molar-refractivity contribution >= 4 is 29.1 Å². The number of fused-ring (bicyclic) bond motifs is 1. The third-order valence-corrected chi connectivity index (χ3v) is 6.91. The molecule has 0 atom stereocenters. The van der Waals surface area contributed by atoms with Crippen LogP contribution in [0.4, 0.5) is 21.1 Å². The minimum absolute atomic E-state index is 0.0981. The first-order valence-corrected chi connectivity index (χ1v) is 12.7. The molecule has 2 aromatic carbocycles. The van der Waals surface area contributed by atoms with Crippen LogP contribution in [0.15, 0.2) is 65.6 Å². The lowest BCUT2D eigenvalue weighted by Crippen LogP contribution is -2.46. The second-order valence-corrected chi connectivity index (χ2v) is 9.28. The maximum absolute atomic E-state index is 13.5. The van der Waals surface area contributed by atoms with Crippen molar-refractivity contribution in [2.75, 3.05) is 37.0 Å². The molecule has 1 aliphatic heterocycles. The third-order valence-electron chi connectivity index (χ3n) is 6.91. The summed E-state index contributed by atoms with van der Waals surface area (Å²) < 4.78 is 22.0. The first-order valence-electron chi connectivity index (χ1n) is 12.7. The minimum atomic E-state index is -0.946. The van der Waals surface area contributed by atoms with Crippen molar-refractivity contribution in [2.24, 2.45) is 0 Å². The van der Waals surface area contributed by atoms with E-state index in [1.165, 1.54) is 36.0 Å². The number of para-hydroxylation sites is 2. The average molecular weight is 536 g/mol. The number of hydrogen-bond acceptors (Lipinski definition) is 9. The molecule has 5 rings (SSSR count). The van der Waals surface area contributed by atoms with Crippen molar-refractivity contribution in [2.45, 2.75) is 32.2 Å². The lowest BCUT2D eigenvalue weighted by Gasteiger charge is -2.38. The number of halogens is 1. The van der Waals surface area contributed by atoms with E-state index in [0.29, 0.717) is 12.5 Å². The summed E-state index contributed by atoms with van der Waals surface area (Å²) in [6.45, 7) is 1.74. The zero-order chi connectivity index (χ0) is 27.4. The van der Waals surface area contributed by atoms with Crippen LogP contribution < -0.4 is 20.8 Å². The summed E-state index contributed by atoms with van der Waals surface area (Å²) in [5.74, 6) is 1.01. The molecule has 204 valence electrons. The lowest BCUT2D eigenvalue weighted by molar-refractivity contribution is 0.00630. The second kappa shape index (κ2) is 11.5. The monoisotopic (exact) mass is 535 g/mol. The van der Waals surface area contributed by atoms with Gasteiger partial charge in [-0.3, -0.25) is 4.79 Å². The Kier molecular flexibility index (Phi) is 7.73. The molecule has 11 nitrogen and oxygen atoms in total. The molecule has 1 fully saturated rings. The van der Waals surface area contributed by atoms with E-state index in [1.54, 1.807) is 12.1 Å². The van der Waals surface area contributed by atoms with E-state index in [2.05, 4.69) is 24.8 Å². The van der Waals surface area contributed by atoms with Gasteiger partial charge in [0.15, 0.2) is 6.73 Å². The highest BCUT2D eigenvalue weighted by molar-refractivity contribution is 5.79. The van der Waals surface area contributed by atoms with Crippen LogP contribution in [0.3, 0.4) is 0 Å². The smallest absolute Gasteiger partial charge is 0.411 e. The Morgan fingerprint density at radius 2 is 1.85 bits per heavy atom. The highest BCUT2D eigenvalue weighted by Gasteiger charge is 2.28. The number of piperidine rings is 1. The average Bonchev–Trinajstić information content (AvgIpc) is 3.31. The Morgan fingerprint density at radius 3 is 2.59 bits per heavy atom.